The van der Waals surface area contributed by atoms with Gasteiger partial charge >= 0.3 is 12.1 Å². The van der Waals surface area contributed by atoms with E-state index in [0.29, 0.717) is 18.3 Å². The van der Waals surface area contributed by atoms with E-state index in [0.717, 1.165) is 51.0 Å². The summed E-state index contributed by atoms with van der Waals surface area (Å²) in [6, 6.07) is 14.6. The van der Waals surface area contributed by atoms with Crippen molar-refractivity contribution in [2.24, 2.45) is 5.92 Å². The number of methoxy groups -OCH3 is 1. The topological polar surface area (TPSA) is 66.9 Å². The van der Waals surface area contributed by atoms with Gasteiger partial charge in [0, 0.05) is 30.9 Å². The predicted octanol–water partition coefficient (Wildman–Crippen LogP) is 7.53. The first-order valence-electron chi connectivity index (χ1n) is 13.4. The molecule has 1 atom stereocenters. The van der Waals surface area contributed by atoms with Crippen LogP contribution in [0, 0.1) is 5.92 Å². The molecule has 11 heteroatoms. The molecule has 0 N–H and O–H groups in total. The van der Waals surface area contributed by atoms with E-state index in [2.05, 4.69) is 4.74 Å². The highest BCUT2D eigenvalue weighted by molar-refractivity contribution is 7.89. The third-order valence-electron chi connectivity index (χ3n) is 8.09. The van der Waals surface area contributed by atoms with Crippen molar-refractivity contribution in [3.8, 4) is 11.1 Å². The molecule has 6 nitrogen and oxygen atoms in total. The minimum absolute atomic E-state index is 0.0498. The van der Waals surface area contributed by atoms with Crippen LogP contribution in [0.15, 0.2) is 65.6 Å². The number of anilines is 2. The molecule has 218 valence electrons. The van der Waals surface area contributed by atoms with Gasteiger partial charge in [-0.15, -0.1) is 0 Å². The summed E-state index contributed by atoms with van der Waals surface area (Å²) in [7, 11) is -1.45. The number of carbonyl (C=O) groups is 1. The zero-order chi connectivity index (χ0) is 29.5. The third-order valence-corrected chi connectivity index (χ3v) is 10.3. The summed E-state index contributed by atoms with van der Waals surface area (Å²) in [6.45, 7) is 0.392. The lowest BCUT2D eigenvalue weighted by Gasteiger charge is -2.36. The van der Waals surface area contributed by atoms with Gasteiger partial charge < -0.3 is 9.64 Å². The maximum Gasteiger partial charge on any atom is 0.416 e. The number of likely N-dealkylation sites (N-methyl/N-ethyl adjacent to an activating group) is 1. The number of hydrogen-bond acceptors (Lipinski definition) is 5. The Morgan fingerprint density at radius 3 is 2.32 bits per heavy atom. The molecule has 0 unspecified atom stereocenters. The number of carbonyl (C=O) groups excluding carboxylic acids is 1. The normalized spacial score (nSPS) is 19.9. The van der Waals surface area contributed by atoms with Crippen LogP contribution in [0.1, 0.15) is 48.0 Å². The number of ether oxygens (including phenoxy) is 1. The van der Waals surface area contributed by atoms with Gasteiger partial charge in [0.25, 0.3) is 0 Å². The molecule has 41 heavy (non-hydrogen) atoms. The summed E-state index contributed by atoms with van der Waals surface area (Å²) < 4.78 is 75.9. The Balaban J connectivity index is 1.73. The van der Waals surface area contributed by atoms with Crippen molar-refractivity contribution < 1.29 is 31.1 Å². The van der Waals surface area contributed by atoms with Crippen molar-refractivity contribution in [2.75, 3.05) is 25.6 Å². The minimum Gasteiger partial charge on any atom is -0.465 e. The number of sulfonamides is 1. The molecule has 0 bridgehead atoms. The van der Waals surface area contributed by atoms with Gasteiger partial charge in [-0.25, -0.2) is 13.2 Å². The Morgan fingerprint density at radius 2 is 1.68 bits per heavy atom. The van der Waals surface area contributed by atoms with Crippen molar-refractivity contribution in [3.63, 3.8) is 0 Å². The number of hydrogen-bond donors (Lipinski definition) is 0. The fourth-order valence-electron chi connectivity index (χ4n) is 5.92. The number of fused-ring (bicyclic) bond motifs is 1. The van der Waals surface area contributed by atoms with Gasteiger partial charge in [-0.05, 0) is 66.8 Å². The number of esters is 1. The standard InChI is InChI=1S/C30H30ClF3N2O4S/c1-35-27(19-9-5-3-6-10-19)18-36(23-11-7-4-8-12-23)26-17-25(31)24(16-28(26)41(35,38)39)20-13-21(29(37)40-2)15-22(14-20)30(32,33)34/h4,7-8,11-17,19,27H,3,5-6,9-10,18H2,1-2H3/t27-/m0/s1. The Hall–Kier alpha value is -3.08. The molecule has 0 saturated heterocycles. The molecule has 0 spiro atoms. The molecule has 1 aliphatic heterocycles. The van der Waals surface area contributed by atoms with Gasteiger partial charge in [0.05, 0.1) is 28.9 Å². The lowest BCUT2D eigenvalue weighted by Crippen LogP contribution is -2.46. The molecule has 0 amide bonds. The Labute approximate surface area is 242 Å². The maximum atomic E-state index is 14.2. The SMILES string of the molecule is COC(=O)c1cc(-c2cc3c(cc2Cl)N(c2ccccc2)C[C@@H](C2CCCCC2)N(C)S3(=O)=O)cc(C(F)(F)F)c1. The van der Waals surface area contributed by atoms with Crippen molar-refractivity contribution in [3.05, 3.63) is 76.8 Å². The average molecular weight is 607 g/mol. The van der Waals surface area contributed by atoms with E-state index in [-0.39, 0.29) is 38.6 Å². The van der Waals surface area contributed by atoms with Crippen molar-refractivity contribution in [2.45, 2.75) is 49.2 Å². The van der Waals surface area contributed by atoms with Gasteiger partial charge in [0.15, 0.2) is 0 Å². The number of nitrogens with zero attached hydrogens (tertiary/aromatic N) is 2. The predicted molar refractivity (Wildman–Crippen MR) is 152 cm³/mol. The zero-order valence-electron chi connectivity index (χ0n) is 22.6. The molecule has 1 heterocycles. The molecular formula is C30H30ClF3N2O4S. The van der Waals surface area contributed by atoms with Crippen LogP contribution in [-0.2, 0) is 20.9 Å². The highest BCUT2D eigenvalue weighted by Gasteiger charge is 2.41. The first kappa shape index (κ1) is 29.4. The highest BCUT2D eigenvalue weighted by atomic mass is 35.5. The van der Waals surface area contributed by atoms with E-state index in [4.69, 9.17) is 11.6 Å². The van der Waals surface area contributed by atoms with Crippen LogP contribution < -0.4 is 4.90 Å². The lowest BCUT2D eigenvalue weighted by atomic mass is 9.83. The number of benzene rings is 3. The number of halogens is 4. The third kappa shape index (κ3) is 5.69. The summed E-state index contributed by atoms with van der Waals surface area (Å²) in [5, 5.41) is 0.0498. The number of para-hydroxylation sites is 1. The molecule has 0 aromatic heterocycles. The van der Waals surface area contributed by atoms with Crippen LogP contribution in [0.3, 0.4) is 0 Å². The molecule has 5 rings (SSSR count). The van der Waals surface area contributed by atoms with Gasteiger partial charge in [-0.3, -0.25) is 0 Å². The highest BCUT2D eigenvalue weighted by Crippen LogP contribution is 2.45. The monoisotopic (exact) mass is 606 g/mol. The molecule has 1 saturated carbocycles. The molecule has 0 radical (unpaired) electrons. The van der Waals surface area contributed by atoms with E-state index in [9.17, 15) is 26.4 Å². The smallest absolute Gasteiger partial charge is 0.416 e. The Kier molecular flexibility index (Phi) is 8.11. The van der Waals surface area contributed by atoms with E-state index in [1.54, 1.807) is 7.05 Å². The molecule has 2 aliphatic rings. The quantitative estimate of drug-likeness (QED) is 0.287. The first-order chi connectivity index (χ1) is 19.4. The molecule has 3 aromatic rings. The van der Waals surface area contributed by atoms with E-state index in [1.165, 1.54) is 22.5 Å². The van der Waals surface area contributed by atoms with Crippen molar-refractivity contribution >= 4 is 39.0 Å². The summed E-state index contributed by atoms with van der Waals surface area (Å²) in [4.78, 5) is 14.1. The summed E-state index contributed by atoms with van der Waals surface area (Å²) in [6.07, 6.45) is 0.237. The lowest BCUT2D eigenvalue weighted by molar-refractivity contribution is -0.137. The molecule has 1 aliphatic carbocycles. The maximum absolute atomic E-state index is 14.2. The van der Waals surface area contributed by atoms with Crippen LogP contribution in [0.2, 0.25) is 5.02 Å². The fourth-order valence-corrected chi connectivity index (χ4v) is 7.79. The van der Waals surface area contributed by atoms with Gasteiger partial charge in [-0.1, -0.05) is 49.1 Å². The molecule has 1 fully saturated rings. The average Bonchev–Trinajstić information content (AvgIpc) is 3.04. The summed E-state index contributed by atoms with van der Waals surface area (Å²) in [5.74, 6) is -0.800. The van der Waals surface area contributed by atoms with Gasteiger partial charge in [0.2, 0.25) is 10.0 Å². The molecule has 3 aromatic carbocycles. The van der Waals surface area contributed by atoms with Crippen LogP contribution in [0.5, 0.6) is 0 Å². The van der Waals surface area contributed by atoms with E-state index in [1.807, 2.05) is 35.2 Å². The van der Waals surface area contributed by atoms with Crippen LogP contribution in [0.4, 0.5) is 24.5 Å². The van der Waals surface area contributed by atoms with Gasteiger partial charge in [0.1, 0.15) is 4.90 Å². The minimum atomic E-state index is -4.76. The number of alkyl halides is 3. The second kappa shape index (κ2) is 11.3. The second-order valence-corrected chi connectivity index (χ2v) is 12.9. The van der Waals surface area contributed by atoms with Crippen LogP contribution in [0.25, 0.3) is 11.1 Å². The van der Waals surface area contributed by atoms with Crippen LogP contribution in [-0.4, -0.2) is 45.4 Å². The van der Waals surface area contributed by atoms with Gasteiger partial charge in [-0.2, -0.15) is 17.5 Å². The summed E-state index contributed by atoms with van der Waals surface area (Å²) in [5.41, 5.74) is -0.282. The van der Waals surface area contributed by atoms with Crippen molar-refractivity contribution in [1.82, 2.24) is 4.31 Å². The van der Waals surface area contributed by atoms with Crippen LogP contribution >= 0.6 is 11.6 Å². The second-order valence-electron chi connectivity index (χ2n) is 10.5. The molecular weight excluding hydrogens is 577 g/mol. The van der Waals surface area contributed by atoms with E-state index >= 15 is 0 Å². The van der Waals surface area contributed by atoms with Crippen molar-refractivity contribution in [1.29, 1.82) is 0 Å². The first-order valence-corrected chi connectivity index (χ1v) is 15.2. The zero-order valence-corrected chi connectivity index (χ0v) is 24.2. The number of rotatable bonds is 4. The summed E-state index contributed by atoms with van der Waals surface area (Å²) >= 11 is 6.72. The van der Waals surface area contributed by atoms with E-state index < -0.39 is 27.7 Å². The Bertz CT molecular complexity index is 1560. The largest absolute Gasteiger partial charge is 0.465 e. The fraction of sp³-hybridized carbons (Fsp3) is 0.367. The Morgan fingerprint density at radius 1 is 1.00 bits per heavy atom.